The number of hydrogen-bond donors (Lipinski definition) is 2. The Morgan fingerprint density at radius 3 is 2.62 bits per heavy atom. The molecule has 0 atom stereocenters. The van der Waals surface area contributed by atoms with Gasteiger partial charge in [-0.1, -0.05) is 48.5 Å². The molecule has 0 bridgehead atoms. The maximum atomic E-state index is 12.2. The van der Waals surface area contributed by atoms with Crippen molar-refractivity contribution in [2.45, 2.75) is 19.3 Å². The molecule has 4 rings (SSSR count). The van der Waals surface area contributed by atoms with E-state index in [9.17, 15) is 9.59 Å². The summed E-state index contributed by atoms with van der Waals surface area (Å²) in [7, 11) is 0. The molecule has 1 heterocycles. The molecule has 3 aromatic carbocycles. The second-order valence-corrected chi connectivity index (χ2v) is 7.62. The molecule has 0 saturated carbocycles. The van der Waals surface area contributed by atoms with Crippen molar-refractivity contribution in [2.24, 2.45) is 0 Å². The first-order valence-electron chi connectivity index (χ1n) is 10.7. The molecule has 0 radical (unpaired) electrons. The normalized spacial score (nSPS) is 12.4. The molecule has 0 unspecified atom stereocenters. The number of para-hydroxylation sites is 1. The highest BCUT2D eigenvalue weighted by Crippen LogP contribution is 2.26. The van der Waals surface area contributed by atoms with Gasteiger partial charge in [-0.3, -0.25) is 9.59 Å². The maximum Gasteiger partial charge on any atom is 0.258 e. The fraction of sp³-hybridized carbons (Fsp3) is 0.231. The SMILES string of the molecule is O=C(COc1ccccc1Cc1ccccc1)NCCOc1ccc2c(c1)CCC(=O)N2. The number of fused-ring (bicyclic) bond motifs is 1. The van der Waals surface area contributed by atoms with E-state index in [4.69, 9.17) is 9.47 Å². The highest BCUT2D eigenvalue weighted by atomic mass is 16.5. The highest BCUT2D eigenvalue weighted by molar-refractivity contribution is 5.94. The smallest absolute Gasteiger partial charge is 0.258 e. The molecule has 0 aliphatic carbocycles. The highest BCUT2D eigenvalue weighted by Gasteiger charge is 2.15. The van der Waals surface area contributed by atoms with Crippen LogP contribution < -0.4 is 20.1 Å². The zero-order chi connectivity index (χ0) is 22.2. The van der Waals surface area contributed by atoms with E-state index in [0.717, 1.165) is 29.0 Å². The lowest BCUT2D eigenvalue weighted by atomic mass is 10.0. The standard InChI is InChI=1S/C26H26N2O4/c29-25-13-10-20-17-22(11-12-23(20)28-25)31-15-14-27-26(30)18-32-24-9-5-4-8-21(24)16-19-6-2-1-3-7-19/h1-9,11-12,17H,10,13-16,18H2,(H,27,30)(H,28,29). The van der Waals surface area contributed by atoms with Crippen LogP contribution in [0.5, 0.6) is 11.5 Å². The lowest BCUT2D eigenvalue weighted by Gasteiger charge is -2.17. The topological polar surface area (TPSA) is 76.7 Å². The summed E-state index contributed by atoms with van der Waals surface area (Å²) in [6, 6.07) is 23.5. The number of rotatable bonds is 9. The number of anilines is 1. The van der Waals surface area contributed by atoms with Crippen molar-refractivity contribution in [2.75, 3.05) is 25.1 Å². The van der Waals surface area contributed by atoms with Gasteiger partial charge in [-0.15, -0.1) is 0 Å². The van der Waals surface area contributed by atoms with Crippen molar-refractivity contribution in [3.63, 3.8) is 0 Å². The Kier molecular flexibility index (Phi) is 7.02. The van der Waals surface area contributed by atoms with Crippen molar-refractivity contribution in [1.29, 1.82) is 0 Å². The summed E-state index contributed by atoms with van der Waals surface area (Å²) in [5.41, 5.74) is 4.13. The van der Waals surface area contributed by atoms with Crippen molar-refractivity contribution in [3.05, 3.63) is 89.5 Å². The first kappa shape index (κ1) is 21.4. The molecule has 0 aromatic heterocycles. The van der Waals surface area contributed by atoms with Gasteiger partial charge in [0.2, 0.25) is 5.91 Å². The van der Waals surface area contributed by atoms with E-state index in [0.29, 0.717) is 31.7 Å². The Balaban J connectivity index is 1.20. The van der Waals surface area contributed by atoms with E-state index in [2.05, 4.69) is 22.8 Å². The Morgan fingerprint density at radius 1 is 0.938 bits per heavy atom. The van der Waals surface area contributed by atoms with E-state index >= 15 is 0 Å². The van der Waals surface area contributed by atoms with Crippen LogP contribution in [0.2, 0.25) is 0 Å². The Labute approximate surface area is 187 Å². The molecule has 164 valence electrons. The molecule has 32 heavy (non-hydrogen) atoms. The molecule has 3 aromatic rings. The van der Waals surface area contributed by atoms with E-state index in [1.165, 1.54) is 5.56 Å². The Morgan fingerprint density at radius 2 is 1.75 bits per heavy atom. The third-order valence-corrected chi connectivity index (χ3v) is 5.23. The van der Waals surface area contributed by atoms with Gasteiger partial charge in [-0.05, 0) is 47.4 Å². The number of ether oxygens (including phenoxy) is 2. The fourth-order valence-electron chi connectivity index (χ4n) is 3.61. The quantitative estimate of drug-likeness (QED) is 0.507. The average Bonchev–Trinajstić information content (AvgIpc) is 2.82. The van der Waals surface area contributed by atoms with Gasteiger partial charge < -0.3 is 20.1 Å². The molecule has 0 spiro atoms. The minimum absolute atomic E-state index is 0.0405. The van der Waals surface area contributed by atoms with Crippen LogP contribution in [0.15, 0.2) is 72.8 Å². The van der Waals surface area contributed by atoms with Crippen LogP contribution in [0.4, 0.5) is 5.69 Å². The number of hydrogen-bond acceptors (Lipinski definition) is 4. The van der Waals surface area contributed by atoms with E-state index in [-0.39, 0.29) is 18.4 Å². The summed E-state index contributed by atoms with van der Waals surface area (Å²) in [6.45, 7) is 0.674. The molecule has 0 saturated heterocycles. The Bertz CT molecular complexity index is 1080. The third kappa shape index (κ3) is 5.88. The van der Waals surface area contributed by atoms with Gasteiger partial charge in [0.25, 0.3) is 5.91 Å². The Hall–Kier alpha value is -3.80. The van der Waals surface area contributed by atoms with Crippen LogP contribution in [0.3, 0.4) is 0 Å². The predicted octanol–water partition coefficient (Wildman–Crippen LogP) is 3.74. The van der Waals surface area contributed by atoms with Crippen LogP contribution in [0, 0.1) is 0 Å². The minimum atomic E-state index is -0.198. The molecule has 6 heteroatoms. The number of carbonyl (C=O) groups excluding carboxylic acids is 2. The van der Waals surface area contributed by atoms with Crippen molar-refractivity contribution in [3.8, 4) is 11.5 Å². The molecule has 2 amide bonds. The summed E-state index contributed by atoms with van der Waals surface area (Å²) < 4.78 is 11.5. The van der Waals surface area contributed by atoms with Crippen LogP contribution in [0.1, 0.15) is 23.1 Å². The van der Waals surface area contributed by atoms with Crippen molar-refractivity contribution < 1.29 is 19.1 Å². The maximum absolute atomic E-state index is 12.2. The van der Waals surface area contributed by atoms with Crippen LogP contribution >= 0.6 is 0 Å². The third-order valence-electron chi connectivity index (χ3n) is 5.23. The van der Waals surface area contributed by atoms with Gasteiger partial charge in [0, 0.05) is 18.5 Å². The number of carbonyl (C=O) groups is 2. The number of aryl methyl sites for hydroxylation is 1. The van der Waals surface area contributed by atoms with Crippen LogP contribution in [-0.2, 0) is 22.4 Å². The first-order valence-corrected chi connectivity index (χ1v) is 10.7. The molecule has 6 nitrogen and oxygen atoms in total. The van der Waals surface area contributed by atoms with Crippen LogP contribution in [0.25, 0.3) is 0 Å². The first-order chi connectivity index (χ1) is 15.7. The zero-order valence-electron chi connectivity index (χ0n) is 17.8. The molecular formula is C26H26N2O4. The predicted molar refractivity (Wildman–Crippen MR) is 123 cm³/mol. The minimum Gasteiger partial charge on any atom is -0.492 e. The molecule has 1 aliphatic heterocycles. The molecule has 0 fully saturated rings. The summed E-state index contributed by atoms with van der Waals surface area (Å²) in [4.78, 5) is 23.6. The second kappa shape index (κ2) is 10.5. The number of nitrogens with one attached hydrogen (secondary N) is 2. The van der Waals surface area contributed by atoms with E-state index < -0.39 is 0 Å². The van der Waals surface area contributed by atoms with Crippen LogP contribution in [-0.4, -0.2) is 31.6 Å². The van der Waals surface area contributed by atoms with E-state index in [1.54, 1.807) is 0 Å². The number of amides is 2. The lowest BCUT2D eigenvalue weighted by molar-refractivity contribution is -0.123. The average molecular weight is 431 g/mol. The monoisotopic (exact) mass is 430 g/mol. The second-order valence-electron chi connectivity index (χ2n) is 7.62. The van der Waals surface area contributed by atoms with Gasteiger partial charge in [-0.2, -0.15) is 0 Å². The molecular weight excluding hydrogens is 404 g/mol. The van der Waals surface area contributed by atoms with Gasteiger partial charge >= 0.3 is 0 Å². The van der Waals surface area contributed by atoms with Gasteiger partial charge in [0.15, 0.2) is 6.61 Å². The van der Waals surface area contributed by atoms with Gasteiger partial charge in [0.1, 0.15) is 18.1 Å². The molecule has 2 N–H and O–H groups in total. The van der Waals surface area contributed by atoms with Gasteiger partial charge in [0.05, 0.1) is 6.54 Å². The zero-order valence-corrected chi connectivity index (χ0v) is 17.8. The summed E-state index contributed by atoms with van der Waals surface area (Å²) in [5.74, 6) is 1.28. The molecule has 1 aliphatic rings. The summed E-state index contributed by atoms with van der Waals surface area (Å²) in [6.07, 6.45) is 1.94. The lowest BCUT2D eigenvalue weighted by Crippen LogP contribution is -2.32. The summed E-state index contributed by atoms with van der Waals surface area (Å²) >= 11 is 0. The van der Waals surface area contributed by atoms with E-state index in [1.807, 2.05) is 60.7 Å². The van der Waals surface area contributed by atoms with Gasteiger partial charge in [-0.25, -0.2) is 0 Å². The van der Waals surface area contributed by atoms with Crippen molar-refractivity contribution in [1.82, 2.24) is 5.32 Å². The van der Waals surface area contributed by atoms with Crippen molar-refractivity contribution >= 4 is 17.5 Å². The summed E-state index contributed by atoms with van der Waals surface area (Å²) in [5, 5.41) is 5.66. The fourth-order valence-corrected chi connectivity index (χ4v) is 3.61. The largest absolute Gasteiger partial charge is 0.492 e. The number of benzene rings is 3.